The maximum Gasteiger partial charge on any atom is 0.227 e. The smallest absolute Gasteiger partial charge is 0.227 e. The highest BCUT2D eigenvalue weighted by Gasteiger charge is 2.25. The molecule has 1 amide bonds. The van der Waals surface area contributed by atoms with Gasteiger partial charge in [0.2, 0.25) is 5.91 Å². The summed E-state index contributed by atoms with van der Waals surface area (Å²) in [5.74, 6) is 4.50. The molecule has 0 unspecified atom stereocenters. The summed E-state index contributed by atoms with van der Waals surface area (Å²) < 4.78 is 13.4. The van der Waals surface area contributed by atoms with Crippen LogP contribution >= 0.6 is 0 Å². The van der Waals surface area contributed by atoms with Gasteiger partial charge in [-0.25, -0.2) is 4.39 Å². The molecule has 1 saturated carbocycles. The quantitative estimate of drug-likeness (QED) is 0.784. The molecule has 1 aromatic carbocycles. The number of rotatable bonds is 2. The topological polar surface area (TPSA) is 49.3 Å². The predicted octanol–water partition coefficient (Wildman–Crippen LogP) is 1.91. The van der Waals surface area contributed by atoms with E-state index >= 15 is 0 Å². The first kappa shape index (κ1) is 12.6. The second kappa shape index (κ2) is 5.65. The number of aliphatic hydroxyl groups excluding tert-OH is 1. The Labute approximate surface area is 105 Å². The Hall–Kier alpha value is -1.86. The lowest BCUT2D eigenvalue weighted by Crippen LogP contribution is -2.28. The number of anilines is 1. The number of halogens is 1. The second-order valence-electron chi connectivity index (χ2n) is 4.27. The molecule has 1 aliphatic carbocycles. The van der Waals surface area contributed by atoms with Gasteiger partial charge in [-0.1, -0.05) is 18.3 Å². The van der Waals surface area contributed by atoms with Gasteiger partial charge in [-0.3, -0.25) is 4.79 Å². The maximum absolute atomic E-state index is 13.4. The van der Waals surface area contributed by atoms with E-state index in [0.717, 1.165) is 19.3 Å². The Morgan fingerprint density at radius 1 is 1.50 bits per heavy atom. The van der Waals surface area contributed by atoms with Crippen LogP contribution in [0.25, 0.3) is 0 Å². The highest BCUT2D eigenvalue weighted by molar-refractivity contribution is 5.93. The van der Waals surface area contributed by atoms with Crippen LogP contribution < -0.4 is 5.32 Å². The summed E-state index contributed by atoms with van der Waals surface area (Å²) >= 11 is 0. The molecule has 2 rings (SSSR count). The van der Waals surface area contributed by atoms with Crippen molar-refractivity contribution in [3.05, 3.63) is 29.6 Å². The van der Waals surface area contributed by atoms with E-state index in [1.165, 1.54) is 18.2 Å². The van der Waals surface area contributed by atoms with E-state index < -0.39 is 5.82 Å². The molecule has 4 heteroatoms. The van der Waals surface area contributed by atoms with Gasteiger partial charge in [-0.15, -0.1) is 0 Å². The number of aliphatic hydroxyl groups is 1. The molecule has 0 heterocycles. The van der Waals surface area contributed by atoms with Crippen LogP contribution in [0.15, 0.2) is 18.2 Å². The van der Waals surface area contributed by atoms with Crippen molar-refractivity contribution in [1.29, 1.82) is 0 Å². The van der Waals surface area contributed by atoms with Crippen LogP contribution in [0.2, 0.25) is 0 Å². The molecular formula is C14H14FNO2. The normalized spacial score (nSPS) is 14.3. The zero-order chi connectivity index (χ0) is 13.0. The van der Waals surface area contributed by atoms with Gasteiger partial charge in [-0.2, -0.15) is 0 Å². The fourth-order valence-electron chi connectivity index (χ4n) is 1.75. The van der Waals surface area contributed by atoms with E-state index in [1.54, 1.807) is 0 Å². The summed E-state index contributed by atoms with van der Waals surface area (Å²) in [6.07, 6.45) is 2.93. The number of carbonyl (C=O) groups is 1. The summed E-state index contributed by atoms with van der Waals surface area (Å²) in [5, 5.41) is 11.3. The molecule has 0 bridgehead atoms. The first-order valence-electron chi connectivity index (χ1n) is 5.91. The summed E-state index contributed by atoms with van der Waals surface area (Å²) in [6, 6.07) is 4.25. The molecule has 1 aliphatic rings. The van der Waals surface area contributed by atoms with E-state index in [9.17, 15) is 9.18 Å². The molecular weight excluding hydrogens is 233 g/mol. The molecule has 0 radical (unpaired) electrons. The number of hydrogen-bond donors (Lipinski definition) is 2. The molecule has 0 saturated heterocycles. The lowest BCUT2D eigenvalue weighted by Gasteiger charge is -2.24. The van der Waals surface area contributed by atoms with Gasteiger partial charge < -0.3 is 10.4 Å². The summed E-state index contributed by atoms with van der Waals surface area (Å²) in [6.45, 7) is -0.321. The Morgan fingerprint density at radius 2 is 2.28 bits per heavy atom. The van der Waals surface area contributed by atoms with Gasteiger partial charge in [0, 0.05) is 11.6 Å². The summed E-state index contributed by atoms with van der Waals surface area (Å²) in [4.78, 5) is 11.7. The van der Waals surface area contributed by atoms with Crippen molar-refractivity contribution >= 4 is 11.6 Å². The standard InChI is InChI=1S/C14H14FNO2/c15-13-7-6-12(9-11(13)5-2-8-17)16-14(18)10-3-1-4-10/h6-7,9-10,17H,1,3-4,8H2,(H,16,18). The average molecular weight is 247 g/mol. The Kier molecular flexibility index (Phi) is 3.96. The van der Waals surface area contributed by atoms with E-state index in [0.29, 0.717) is 5.69 Å². The zero-order valence-electron chi connectivity index (χ0n) is 9.87. The van der Waals surface area contributed by atoms with Crippen molar-refractivity contribution in [3.63, 3.8) is 0 Å². The van der Waals surface area contributed by atoms with Crippen molar-refractivity contribution in [2.75, 3.05) is 11.9 Å². The van der Waals surface area contributed by atoms with Crippen molar-refractivity contribution in [1.82, 2.24) is 0 Å². The summed E-state index contributed by atoms with van der Waals surface area (Å²) in [5.41, 5.74) is 0.714. The SMILES string of the molecule is O=C(Nc1ccc(F)c(C#CCO)c1)C1CCC1. The van der Waals surface area contributed by atoms with Crippen molar-refractivity contribution in [2.24, 2.45) is 5.92 Å². The number of carbonyl (C=O) groups excluding carboxylic acids is 1. The van der Waals surface area contributed by atoms with Crippen LogP contribution in [-0.4, -0.2) is 17.6 Å². The fraction of sp³-hybridized carbons (Fsp3) is 0.357. The molecule has 0 spiro atoms. The minimum Gasteiger partial charge on any atom is -0.384 e. The third kappa shape index (κ3) is 2.88. The summed E-state index contributed by atoms with van der Waals surface area (Å²) in [7, 11) is 0. The Balaban J connectivity index is 2.11. The van der Waals surface area contributed by atoms with Crippen LogP contribution in [0.5, 0.6) is 0 Å². The van der Waals surface area contributed by atoms with Gasteiger partial charge in [0.15, 0.2) is 0 Å². The second-order valence-corrected chi connectivity index (χ2v) is 4.27. The van der Waals surface area contributed by atoms with Crippen LogP contribution in [0.4, 0.5) is 10.1 Å². The first-order valence-corrected chi connectivity index (χ1v) is 5.91. The zero-order valence-corrected chi connectivity index (χ0v) is 9.87. The van der Waals surface area contributed by atoms with E-state index in [4.69, 9.17) is 5.11 Å². The van der Waals surface area contributed by atoms with E-state index in [1.807, 2.05) is 0 Å². The largest absolute Gasteiger partial charge is 0.384 e. The van der Waals surface area contributed by atoms with Crippen LogP contribution in [0, 0.1) is 23.6 Å². The third-order valence-corrected chi connectivity index (χ3v) is 3.01. The van der Waals surface area contributed by atoms with Gasteiger partial charge in [0.25, 0.3) is 0 Å². The van der Waals surface area contributed by atoms with Crippen LogP contribution in [0.1, 0.15) is 24.8 Å². The van der Waals surface area contributed by atoms with E-state index in [-0.39, 0.29) is 24.0 Å². The predicted molar refractivity (Wildman–Crippen MR) is 66.3 cm³/mol. The number of benzene rings is 1. The van der Waals surface area contributed by atoms with Gasteiger partial charge in [0.05, 0.1) is 5.56 Å². The minimum atomic E-state index is -0.461. The van der Waals surface area contributed by atoms with E-state index in [2.05, 4.69) is 17.2 Å². The number of amides is 1. The fourth-order valence-corrected chi connectivity index (χ4v) is 1.75. The van der Waals surface area contributed by atoms with Gasteiger partial charge in [-0.05, 0) is 31.0 Å². The Bertz CT molecular complexity index is 512. The molecule has 0 aromatic heterocycles. The molecule has 18 heavy (non-hydrogen) atoms. The van der Waals surface area contributed by atoms with Crippen molar-refractivity contribution in [3.8, 4) is 11.8 Å². The molecule has 94 valence electrons. The highest BCUT2D eigenvalue weighted by Crippen LogP contribution is 2.27. The molecule has 1 fully saturated rings. The monoisotopic (exact) mass is 247 g/mol. The van der Waals surface area contributed by atoms with Gasteiger partial charge >= 0.3 is 0 Å². The average Bonchev–Trinajstić information content (AvgIpc) is 2.27. The van der Waals surface area contributed by atoms with Crippen LogP contribution in [0.3, 0.4) is 0 Å². The molecule has 1 aromatic rings. The first-order chi connectivity index (χ1) is 8.70. The highest BCUT2D eigenvalue weighted by atomic mass is 19.1. The van der Waals surface area contributed by atoms with Crippen molar-refractivity contribution in [2.45, 2.75) is 19.3 Å². The third-order valence-electron chi connectivity index (χ3n) is 3.01. The molecule has 0 aliphatic heterocycles. The maximum atomic E-state index is 13.4. The number of nitrogens with one attached hydrogen (secondary N) is 1. The van der Waals surface area contributed by atoms with Crippen LogP contribution in [-0.2, 0) is 4.79 Å². The molecule has 0 atom stereocenters. The molecule has 2 N–H and O–H groups in total. The lowest BCUT2D eigenvalue weighted by atomic mass is 9.85. The Morgan fingerprint density at radius 3 is 2.89 bits per heavy atom. The molecule has 3 nitrogen and oxygen atoms in total. The lowest BCUT2D eigenvalue weighted by molar-refractivity contribution is -0.122. The van der Waals surface area contributed by atoms with Crippen molar-refractivity contribution < 1.29 is 14.3 Å². The number of hydrogen-bond acceptors (Lipinski definition) is 2. The minimum absolute atomic E-state index is 0.0195. The van der Waals surface area contributed by atoms with Gasteiger partial charge in [0.1, 0.15) is 12.4 Å².